The minimum Gasteiger partial charge on any atom is -0.393 e. The zero-order valence-electron chi connectivity index (χ0n) is 12.0. The molecule has 1 fully saturated rings. The van der Waals surface area contributed by atoms with Crippen molar-refractivity contribution in [1.29, 1.82) is 0 Å². The maximum Gasteiger partial charge on any atom is 0.253 e. The molecule has 3 heteroatoms. The molecule has 104 valence electrons. The van der Waals surface area contributed by atoms with E-state index >= 15 is 0 Å². The number of carbonyl (C=O) groups is 1. The highest BCUT2D eigenvalue weighted by molar-refractivity contribution is 5.94. The third-order valence-corrected chi connectivity index (χ3v) is 4.26. The number of aryl methyl sites for hydroxylation is 2. The van der Waals surface area contributed by atoms with Crippen LogP contribution in [0.15, 0.2) is 18.2 Å². The molecular weight excluding hydrogens is 238 g/mol. The maximum absolute atomic E-state index is 12.5. The third-order valence-electron chi connectivity index (χ3n) is 4.26. The van der Waals surface area contributed by atoms with E-state index in [1.54, 1.807) is 0 Å². The second-order valence-corrected chi connectivity index (χ2v) is 5.57. The molecule has 2 rings (SSSR count). The van der Waals surface area contributed by atoms with Crippen molar-refractivity contribution in [3.63, 3.8) is 0 Å². The van der Waals surface area contributed by atoms with Gasteiger partial charge in [-0.2, -0.15) is 0 Å². The highest BCUT2D eigenvalue weighted by Gasteiger charge is 2.29. The molecule has 0 bridgehead atoms. The van der Waals surface area contributed by atoms with Crippen LogP contribution in [0.2, 0.25) is 0 Å². The summed E-state index contributed by atoms with van der Waals surface area (Å²) in [4.78, 5) is 14.4. The van der Waals surface area contributed by atoms with Crippen LogP contribution in [0, 0.1) is 19.8 Å². The SMILES string of the molecule is CCC1CN(C(=O)c2ccc(C)c(C)c2)CCC1O. The van der Waals surface area contributed by atoms with E-state index in [2.05, 4.69) is 6.92 Å². The van der Waals surface area contributed by atoms with Gasteiger partial charge < -0.3 is 10.0 Å². The molecule has 0 aromatic heterocycles. The average Bonchev–Trinajstić information content (AvgIpc) is 2.41. The number of carbonyl (C=O) groups excluding carboxylic acids is 1. The Hall–Kier alpha value is -1.35. The van der Waals surface area contributed by atoms with Crippen LogP contribution in [0.1, 0.15) is 41.3 Å². The molecular formula is C16H23NO2. The number of hydrogen-bond acceptors (Lipinski definition) is 2. The fraction of sp³-hybridized carbons (Fsp3) is 0.562. The van der Waals surface area contributed by atoms with Crippen LogP contribution in [0.3, 0.4) is 0 Å². The standard InChI is InChI=1S/C16H23NO2/c1-4-13-10-17(8-7-15(13)18)16(19)14-6-5-11(2)12(3)9-14/h5-6,9,13,15,18H,4,7-8,10H2,1-3H3. The highest BCUT2D eigenvalue weighted by Crippen LogP contribution is 2.22. The molecule has 3 nitrogen and oxygen atoms in total. The molecule has 1 amide bonds. The predicted molar refractivity (Wildman–Crippen MR) is 76.2 cm³/mol. The van der Waals surface area contributed by atoms with E-state index in [0.29, 0.717) is 19.5 Å². The number of benzene rings is 1. The number of piperidine rings is 1. The number of nitrogens with zero attached hydrogens (tertiary/aromatic N) is 1. The summed E-state index contributed by atoms with van der Waals surface area (Å²) in [5.41, 5.74) is 3.11. The van der Waals surface area contributed by atoms with Gasteiger partial charge in [-0.1, -0.05) is 13.0 Å². The lowest BCUT2D eigenvalue weighted by Gasteiger charge is -2.35. The van der Waals surface area contributed by atoms with Crippen LogP contribution in [0.4, 0.5) is 0 Å². The van der Waals surface area contributed by atoms with Gasteiger partial charge in [-0.05, 0) is 49.9 Å². The van der Waals surface area contributed by atoms with Gasteiger partial charge in [0.2, 0.25) is 0 Å². The monoisotopic (exact) mass is 261 g/mol. The van der Waals surface area contributed by atoms with Crippen molar-refractivity contribution < 1.29 is 9.90 Å². The van der Waals surface area contributed by atoms with E-state index in [1.807, 2.05) is 36.9 Å². The molecule has 1 N–H and O–H groups in total. The first-order chi connectivity index (χ1) is 9.02. The second kappa shape index (κ2) is 5.74. The summed E-state index contributed by atoms with van der Waals surface area (Å²) < 4.78 is 0. The fourth-order valence-corrected chi connectivity index (χ4v) is 2.66. The lowest BCUT2D eigenvalue weighted by Crippen LogP contribution is -2.45. The van der Waals surface area contributed by atoms with E-state index in [4.69, 9.17) is 0 Å². The van der Waals surface area contributed by atoms with Crippen molar-refractivity contribution in [2.45, 2.75) is 39.7 Å². The molecule has 0 aliphatic carbocycles. The van der Waals surface area contributed by atoms with Crippen molar-refractivity contribution in [2.24, 2.45) is 5.92 Å². The Morgan fingerprint density at radius 1 is 1.37 bits per heavy atom. The molecule has 1 heterocycles. The van der Waals surface area contributed by atoms with E-state index in [9.17, 15) is 9.90 Å². The quantitative estimate of drug-likeness (QED) is 0.888. The van der Waals surface area contributed by atoms with Gasteiger partial charge in [0.15, 0.2) is 0 Å². The Labute approximate surface area is 115 Å². The topological polar surface area (TPSA) is 40.5 Å². The number of aliphatic hydroxyl groups excluding tert-OH is 1. The van der Waals surface area contributed by atoms with Crippen LogP contribution in [-0.2, 0) is 0 Å². The van der Waals surface area contributed by atoms with Gasteiger partial charge in [0, 0.05) is 24.6 Å². The summed E-state index contributed by atoms with van der Waals surface area (Å²) in [6, 6.07) is 5.86. The summed E-state index contributed by atoms with van der Waals surface area (Å²) in [6.45, 7) is 7.47. The summed E-state index contributed by atoms with van der Waals surface area (Å²) >= 11 is 0. The molecule has 0 spiro atoms. The van der Waals surface area contributed by atoms with E-state index in [1.165, 1.54) is 5.56 Å². The first-order valence-corrected chi connectivity index (χ1v) is 7.07. The van der Waals surface area contributed by atoms with Crippen LogP contribution >= 0.6 is 0 Å². The Bertz CT molecular complexity index is 470. The number of rotatable bonds is 2. The van der Waals surface area contributed by atoms with Gasteiger partial charge in [-0.15, -0.1) is 0 Å². The molecule has 1 aromatic rings. The Balaban J connectivity index is 2.13. The largest absolute Gasteiger partial charge is 0.393 e. The summed E-state index contributed by atoms with van der Waals surface area (Å²) in [5.74, 6) is 0.303. The van der Waals surface area contributed by atoms with Crippen LogP contribution in [-0.4, -0.2) is 35.1 Å². The van der Waals surface area contributed by atoms with Gasteiger partial charge in [-0.25, -0.2) is 0 Å². The van der Waals surface area contributed by atoms with E-state index in [-0.39, 0.29) is 17.9 Å². The highest BCUT2D eigenvalue weighted by atomic mass is 16.3. The van der Waals surface area contributed by atoms with Crippen LogP contribution < -0.4 is 0 Å². The summed E-state index contributed by atoms with van der Waals surface area (Å²) in [6.07, 6.45) is 1.35. The van der Waals surface area contributed by atoms with E-state index < -0.39 is 0 Å². The Morgan fingerprint density at radius 3 is 2.74 bits per heavy atom. The zero-order chi connectivity index (χ0) is 14.0. The van der Waals surface area contributed by atoms with Crippen molar-refractivity contribution in [3.05, 3.63) is 34.9 Å². The van der Waals surface area contributed by atoms with Crippen LogP contribution in [0.25, 0.3) is 0 Å². The smallest absolute Gasteiger partial charge is 0.253 e. The van der Waals surface area contributed by atoms with Crippen LogP contribution in [0.5, 0.6) is 0 Å². The van der Waals surface area contributed by atoms with Gasteiger partial charge in [0.05, 0.1) is 6.10 Å². The molecule has 1 aromatic carbocycles. The number of aliphatic hydroxyl groups is 1. The molecule has 19 heavy (non-hydrogen) atoms. The number of amides is 1. The first-order valence-electron chi connectivity index (χ1n) is 7.07. The first kappa shape index (κ1) is 14.1. The number of hydrogen-bond donors (Lipinski definition) is 1. The normalized spacial score (nSPS) is 23.5. The van der Waals surface area contributed by atoms with Crippen molar-refractivity contribution >= 4 is 5.91 Å². The van der Waals surface area contributed by atoms with Gasteiger partial charge >= 0.3 is 0 Å². The molecule has 0 radical (unpaired) electrons. The molecule has 2 unspecified atom stereocenters. The minimum atomic E-state index is -0.256. The number of likely N-dealkylation sites (tertiary alicyclic amines) is 1. The Kier molecular flexibility index (Phi) is 4.25. The van der Waals surface area contributed by atoms with Gasteiger partial charge in [-0.3, -0.25) is 4.79 Å². The molecule has 0 saturated carbocycles. The summed E-state index contributed by atoms with van der Waals surface area (Å²) in [7, 11) is 0. The lowest BCUT2D eigenvalue weighted by molar-refractivity contribution is 0.0229. The molecule has 1 saturated heterocycles. The minimum absolute atomic E-state index is 0.0912. The van der Waals surface area contributed by atoms with Gasteiger partial charge in [0.1, 0.15) is 0 Å². The molecule has 2 atom stereocenters. The van der Waals surface area contributed by atoms with Crippen molar-refractivity contribution in [1.82, 2.24) is 4.90 Å². The third kappa shape index (κ3) is 2.98. The zero-order valence-corrected chi connectivity index (χ0v) is 12.0. The van der Waals surface area contributed by atoms with Crippen molar-refractivity contribution in [2.75, 3.05) is 13.1 Å². The maximum atomic E-state index is 12.5. The van der Waals surface area contributed by atoms with Gasteiger partial charge in [0.25, 0.3) is 5.91 Å². The Morgan fingerprint density at radius 2 is 2.11 bits per heavy atom. The predicted octanol–water partition coefficient (Wildman–Crippen LogP) is 2.54. The second-order valence-electron chi connectivity index (χ2n) is 5.57. The fourth-order valence-electron chi connectivity index (χ4n) is 2.66. The lowest BCUT2D eigenvalue weighted by atomic mass is 9.92. The van der Waals surface area contributed by atoms with E-state index in [0.717, 1.165) is 17.5 Å². The summed E-state index contributed by atoms with van der Waals surface area (Å²) in [5, 5.41) is 9.88. The molecule has 1 aliphatic heterocycles. The van der Waals surface area contributed by atoms with Crippen molar-refractivity contribution in [3.8, 4) is 0 Å². The average molecular weight is 261 g/mol. The molecule has 1 aliphatic rings.